The van der Waals surface area contributed by atoms with Crippen LogP contribution in [0.3, 0.4) is 0 Å². The molecular weight excluding hydrogens is 363 g/mol. The van der Waals surface area contributed by atoms with Crippen molar-refractivity contribution in [2.45, 2.75) is 12.5 Å². The third kappa shape index (κ3) is 3.81. The van der Waals surface area contributed by atoms with Crippen molar-refractivity contribution in [2.75, 3.05) is 19.0 Å². The van der Waals surface area contributed by atoms with Gasteiger partial charge in [0.15, 0.2) is 11.6 Å². The minimum Gasteiger partial charge on any atom is -0.492 e. The van der Waals surface area contributed by atoms with Crippen molar-refractivity contribution in [1.29, 1.82) is 0 Å². The number of urea groups is 1. The molecule has 1 heterocycles. The van der Waals surface area contributed by atoms with E-state index in [2.05, 4.69) is 16.0 Å². The number of ether oxygens (including phenoxy) is 1. The number of carbonyl (C=O) groups excluding carboxylic acids is 2. The Balaban J connectivity index is 1.92. The fraction of sp³-hybridized carbons (Fsp3) is 0.222. The molecule has 0 spiro atoms. The number of anilines is 1. The maximum Gasteiger partial charge on any atom is 0.315 e. The topological polar surface area (TPSA) is 79.5 Å². The Bertz CT molecular complexity index is 905. The first kappa shape index (κ1) is 18.6. The Labute approximate surface area is 152 Å². The Morgan fingerprint density at radius 2 is 1.81 bits per heavy atom. The summed E-state index contributed by atoms with van der Waals surface area (Å²) in [5.74, 6) is -3.46. The lowest BCUT2D eigenvalue weighted by Crippen LogP contribution is -2.38. The minimum absolute atomic E-state index is 0.00253. The zero-order chi connectivity index (χ0) is 19.6. The molecule has 0 fully saturated rings. The van der Waals surface area contributed by atoms with Crippen molar-refractivity contribution in [3.05, 3.63) is 58.9 Å². The quantitative estimate of drug-likeness (QED) is 0.767. The summed E-state index contributed by atoms with van der Waals surface area (Å²) < 4.78 is 46.2. The number of amides is 3. The molecule has 6 nitrogen and oxygen atoms in total. The van der Waals surface area contributed by atoms with Gasteiger partial charge in [-0.15, -0.1) is 0 Å². The summed E-state index contributed by atoms with van der Waals surface area (Å²) in [5, 5.41) is 7.40. The van der Waals surface area contributed by atoms with E-state index in [4.69, 9.17) is 4.74 Å². The largest absolute Gasteiger partial charge is 0.492 e. The van der Waals surface area contributed by atoms with Gasteiger partial charge in [0, 0.05) is 25.2 Å². The van der Waals surface area contributed by atoms with E-state index in [1.807, 2.05) is 0 Å². The second kappa shape index (κ2) is 7.56. The van der Waals surface area contributed by atoms with Crippen molar-refractivity contribution in [1.82, 2.24) is 10.6 Å². The molecule has 1 unspecified atom stereocenters. The first-order valence-electron chi connectivity index (χ1n) is 8.10. The van der Waals surface area contributed by atoms with Crippen molar-refractivity contribution in [3.63, 3.8) is 0 Å². The third-order valence-corrected chi connectivity index (χ3v) is 4.10. The summed E-state index contributed by atoms with van der Waals surface area (Å²) in [6, 6.07) is 4.06. The van der Waals surface area contributed by atoms with Gasteiger partial charge in [-0.3, -0.25) is 4.79 Å². The molecule has 0 bridgehead atoms. The molecule has 2 aromatic carbocycles. The van der Waals surface area contributed by atoms with E-state index in [0.29, 0.717) is 6.42 Å². The van der Waals surface area contributed by atoms with Crippen LogP contribution in [0.2, 0.25) is 0 Å². The SMILES string of the molecule is CNC(=O)NC1CCOc2c(C(=O)Nc3ccc(F)c(F)c3)ccc(F)c21. The van der Waals surface area contributed by atoms with Crippen molar-refractivity contribution in [3.8, 4) is 5.75 Å². The van der Waals surface area contributed by atoms with Crippen LogP contribution in [0.1, 0.15) is 28.4 Å². The van der Waals surface area contributed by atoms with Gasteiger partial charge >= 0.3 is 6.03 Å². The van der Waals surface area contributed by atoms with Gasteiger partial charge in [-0.25, -0.2) is 18.0 Å². The molecule has 2 aromatic rings. The van der Waals surface area contributed by atoms with Gasteiger partial charge in [0.05, 0.1) is 23.8 Å². The van der Waals surface area contributed by atoms with E-state index in [1.165, 1.54) is 19.2 Å². The summed E-state index contributed by atoms with van der Waals surface area (Å²) in [5.41, 5.74) is 0.107. The lowest BCUT2D eigenvalue weighted by Gasteiger charge is -2.28. The van der Waals surface area contributed by atoms with Crippen LogP contribution in [0, 0.1) is 17.5 Å². The van der Waals surface area contributed by atoms with Crippen LogP contribution < -0.4 is 20.7 Å². The van der Waals surface area contributed by atoms with Gasteiger partial charge in [-0.05, 0) is 24.3 Å². The van der Waals surface area contributed by atoms with Gasteiger partial charge in [-0.1, -0.05) is 0 Å². The molecule has 27 heavy (non-hydrogen) atoms. The monoisotopic (exact) mass is 379 g/mol. The number of fused-ring (bicyclic) bond motifs is 1. The molecule has 3 N–H and O–H groups in total. The van der Waals surface area contributed by atoms with E-state index in [1.54, 1.807) is 0 Å². The molecule has 3 amide bonds. The summed E-state index contributed by atoms with van der Waals surface area (Å²) in [7, 11) is 1.43. The zero-order valence-electron chi connectivity index (χ0n) is 14.2. The highest BCUT2D eigenvalue weighted by molar-refractivity contribution is 6.06. The summed E-state index contributed by atoms with van der Waals surface area (Å²) in [6.45, 7) is 0.163. The predicted octanol–water partition coefficient (Wildman–Crippen LogP) is 3.11. The normalized spacial score (nSPS) is 15.3. The van der Waals surface area contributed by atoms with Gasteiger partial charge in [-0.2, -0.15) is 0 Å². The second-order valence-electron chi connectivity index (χ2n) is 5.83. The maximum atomic E-state index is 14.4. The van der Waals surface area contributed by atoms with Gasteiger partial charge in [0.25, 0.3) is 5.91 Å². The van der Waals surface area contributed by atoms with Gasteiger partial charge < -0.3 is 20.7 Å². The molecule has 9 heteroatoms. The smallest absolute Gasteiger partial charge is 0.315 e. The average Bonchev–Trinajstić information content (AvgIpc) is 2.65. The van der Waals surface area contributed by atoms with E-state index in [-0.39, 0.29) is 29.2 Å². The van der Waals surface area contributed by atoms with Crippen LogP contribution >= 0.6 is 0 Å². The molecule has 0 aliphatic carbocycles. The lowest BCUT2D eigenvalue weighted by molar-refractivity contribution is 0.102. The summed E-state index contributed by atoms with van der Waals surface area (Å²) in [6.07, 6.45) is 0.325. The summed E-state index contributed by atoms with van der Waals surface area (Å²) >= 11 is 0. The number of hydrogen-bond donors (Lipinski definition) is 3. The molecular formula is C18H16F3N3O3. The number of nitrogens with one attached hydrogen (secondary N) is 3. The first-order valence-corrected chi connectivity index (χ1v) is 8.10. The van der Waals surface area contributed by atoms with E-state index >= 15 is 0 Å². The molecule has 1 aliphatic heterocycles. The Morgan fingerprint density at radius 3 is 2.52 bits per heavy atom. The van der Waals surface area contributed by atoms with Gasteiger partial charge in [0.1, 0.15) is 11.6 Å². The number of benzene rings is 2. The maximum absolute atomic E-state index is 14.4. The molecule has 1 atom stereocenters. The highest BCUT2D eigenvalue weighted by atomic mass is 19.2. The number of carbonyl (C=O) groups is 2. The first-order chi connectivity index (χ1) is 12.9. The van der Waals surface area contributed by atoms with Crippen LogP contribution in [0.5, 0.6) is 5.75 Å². The highest BCUT2D eigenvalue weighted by Gasteiger charge is 2.30. The lowest BCUT2D eigenvalue weighted by atomic mass is 9.96. The number of rotatable bonds is 3. The molecule has 142 valence electrons. The van der Waals surface area contributed by atoms with Crippen molar-refractivity contribution >= 4 is 17.6 Å². The predicted molar refractivity (Wildman–Crippen MR) is 91.2 cm³/mol. The average molecular weight is 379 g/mol. The van der Waals surface area contributed by atoms with Crippen LogP contribution in [0.25, 0.3) is 0 Å². The van der Waals surface area contributed by atoms with E-state index < -0.39 is 35.4 Å². The van der Waals surface area contributed by atoms with Crippen LogP contribution in [-0.4, -0.2) is 25.6 Å². The van der Waals surface area contributed by atoms with Crippen molar-refractivity contribution < 1.29 is 27.5 Å². The Hall–Kier alpha value is -3.23. The molecule has 0 saturated heterocycles. The third-order valence-electron chi connectivity index (χ3n) is 4.10. The molecule has 3 rings (SSSR count). The van der Waals surface area contributed by atoms with E-state index in [9.17, 15) is 22.8 Å². The standard InChI is InChI=1S/C18H16F3N3O3/c1-22-18(26)24-14-6-7-27-16-10(3-5-12(20)15(14)16)17(25)23-9-2-4-11(19)13(21)8-9/h2-5,8,14H,6-7H2,1H3,(H,23,25)(H2,22,24,26). The summed E-state index contributed by atoms with van der Waals surface area (Å²) in [4.78, 5) is 24.1. The van der Waals surface area contributed by atoms with Crippen LogP contribution in [0.4, 0.5) is 23.7 Å². The molecule has 0 aromatic heterocycles. The van der Waals surface area contributed by atoms with E-state index in [0.717, 1.165) is 18.2 Å². The number of halogens is 3. The Kier molecular flexibility index (Phi) is 5.20. The highest BCUT2D eigenvalue weighted by Crippen LogP contribution is 2.37. The fourth-order valence-electron chi connectivity index (χ4n) is 2.80. The minimum atomic E-state index is -1.11. The zero-order valence-corrected chi connectivity index (χ0v) is 14.2. The second-order valence-corrected chi connectivity index (χ2v) is 5.83. The van der Waals surface area contributed by atoms with Crippen LogP contribution in [0.15, 0.2) is 30.3 Å². The molecule has 0 radical (unpaired) electrons. The number of hydrogen-bond acceptors (Lipinski definition) is 3. The molecule has 0 saturated carbocycles. The van der Waals surface area contributed by atoms with Crippen LogP contribution in [-0.2, 0) is 0 Å². The Morgan fingerprint density at radius 1 is 1.07 bits per heavy atom. The van der Waals surface area contributed by atoms with Gasteiger partial charge in [0.2, 0.25) is 0 Å². The fourth-order valence-corrected chi connectivity index (χ4v) is 2.80. The van der Waals surface area contributed by atoms with Crippen molar-refractivity contribution in [2.24, 2.45) is 0 Å². The molecule has 1 aliphatic rings.